The standard InChI is InChI=1S/C14H21N3O6/c1-2-9-5-8(3-4-11(9)18)6-10(14(20)21)17-13(19)12(15)16-7-23-22/h3-5,10,12,16,18,22H,2,6-7,15H2,1H3,(H,17,19)(H,20,21)/t10-,12+/m0/s1. The molecule has 1 amide bonds. The molecule has 0 heterocycles. The number of benzene rings is 1. The highest BCUT2D eigenvalue weighted by Crippen LogP contribution is 2.19. The fourth-order valence-corrected chi connectivity index (χ4v) is 1.97. The number of hydrogen-bond acceptors (Lipinski definition) is 7. The van der Waals surface area contributed by atoms with Crippen LogP contribution in [0.15, 0.2) is 18.2 Å². The average Bonchev–Trinajstić information content (AvgIpc) is 2.53. The lowest BCUT2D eigenvalue weighted by Gasteiger charge is -2.18. The molecular formula is C14H21N3O6. The van der Waals surface area contributed by atoms with E-state index in [4.69, 9.17) is 11.0 Å². The maximum absolute atomic E-state index is 11.8. The molecule has 0 unspecified atom stereocenters. The molecule has 23 heavy (non-hydrogen) atoms. The highest BCUT2D eigenvalue weighted by molar-refractivity contribution is 5.86. The SMILES string of the molecule is CCc1cc(C[C@H](NC(=O)[C@H](N)NCOO)C(=O)O)ccc1O. The summed E-state index contributed by atoms with van der Waals surface area (Å²) >= 11 is 0. The number of aryl methyl sites for hydroxylation is 1. The average molecular weight is 327 g/mol. The Morgan fingerprint density at radius 2 is 2.09 bits per heavy atom. The quantitative estimate of drug-likeness (QED) is 0.199. The van der Waals surface area contributed by atoms with Crippen LogP contribution in [0.2, 0.25) is 0 Å². The van der Waals surface area contributed by atoms with Gasteiger partial charge in [-0.1, -0.05) is 19.1 Å². The summed E-state index contributed by atoms with van der Waals surface area (Å²) in [4.78, 5) is 26.8. The Balaban J connectivity index is 2.76. The number of nitrogens with one attached hydrogen (secondary N) is 2. The first-order valence-electron chi connectivity index (χ1n) is 6.98. The third-order valence-corrected chi connectivity index (χ3v) is 3.23. The van der Waals surface area contributed by atoms with Gasteiger partial charge in [0.1, 0.15) is 24.7 Å². The Hall–Kier alpha value is -2.20. The minimum atomic E-state index is -1.23. The van der Waals surface area contributed by atoms with Crippen LogP contribution in [0.25, 0.3) is 0 Å². The van der Waals surface area contributed by atoms with E-state index in [-0.39, 0.29) is 18.9 Å². The minimum absolute atomic E-state index is 0.0393. The Labute approximate surface area is 133 Å². The zero-order chi connectivity index (χ0) is 17.4. The number of carbonyl (C=O) groups excluding carboxylic acids is 1. The topological polar surface area (TPSA) is 154 Å². The van der Waals surface area contributed by atoms with Gasteiger partial charge in [-0.05, 0) is 23.6 Å². The summed E-state index contributed by atoms with van der Waals surface area (Å²) in [6.07, 6.45) is -0.591. The van der Waals surface area contributed by atoms with E-state index in [0.29, 0.717) is 17.5 Å². The van der Waals surface area contributed by atoms with Crippen molar-refractivity contribution in [2.75, 3.05) is 6.73 Å². The minimum Gasteiger partial charge on any atom is -0.508 e. The summed E-state index contributed by atoms with van der Waals surface area (Å²) in [6.45, 7) is 1.49. The second kappa shape index (κ2) is 9.06. The van der Waals surface area contributed by atoms with E-state index in [1.54, 1.807) is 12.1 Å². The van der Waals surface area contributed by atoms with Gasteiger partial charge < -0.3 is 21.3 Å². The number of carbonyl (C=O) groups is 2. The number of aromatic hydroxyl groups is 1. The number of hydrogen-bond donors (Lipinski definition) is 6. The molecule has 0 aromatic heterocycles. The molecule has 1 rings (SSSR count). The van der Waals surface area contributed by atoms with Gasteiger partial charge >= 0.3 is 5.97 Å². The summed E-state index contributed by atoms with van der Waals surface area (Å²) < 4.78 is 0. The molecule has 9 heteroatoms. The number of carboxylic acids is 1. The van der Waals surface area contributed by atoms with Gasteiger partial charge in [0, 0.05) is 6.42 Å². The van der Waals surface area contributed by atoms with Gasteiger partial charge in [0.15, 0.2) is 0 Å². The molecule has 7 N–H and O–H groups in total. The van der Waals surface area contributed by atoms with Gasteiger partial charge in [0.25, 0.3) is 5.91 Å². The number of carboxylic acid groups (broad SMARTS) is 1. The van der Waals surface area contributed by atoms with Gasteiger partial charge in [0.05, 0.1) is 0 Å². The van der Waals surface area contributed by atoms with Crippen molar-refractivity contribution >= 4 is 11.9 Å². The molecule has 1 aromatic carbocycles. The van der Waals surface area contributed by atoms with Crippen molar-refractivity contribution in [3.8, 4) is 5.75 Å². The van der Waals surface area contributed by atoms with Gasteiger partial charge in [-0.3, -0.25) is 15.4 Å². The summed E-state index contributed by atoms with van der Waals surface area (Å²) in [7, 11) is 0. The third-order valence-electron chi connectivity index (χ3n) is 3.23. The second-order valence-corrected chi connectivity index (χ2v) is 4.88. The van der Waals surface area contributed by atoms with Crippen LogP contribution in [0.1, 0.15) is 18.1 Å². The van der Waals surface area contributed by atoms with Crippen molar-refractivity contribution in [1.82, 2.24) is 10.6 Å². The summed E-state index contributed by atoms with van der Waals surface area (Å²) in [5, 5.41) is 31.7. The Morgan fingerprint density at radius 3 is 2.65 bits per heavy atom. The van der Waals surface area contributed by atoms with E-state index in [9.17, 15) is 19.8 Å². The van der Waals surface area contributed by atoms with Crippen LogP contribution in [0.5, 0.6) is 5.75 Å². The molecule has 2 atom stereocenters. The Morgan fingerprint density at radius 1 is 1.39 bits per heavy atom. The van der Waals surface area contributed by atoms with Crippen LogP contribution in [0.4, 0.5) is 0 Å². The maximum atomic E-state index is 11.8. The zero-order valence-electron chi connectivity index (χ0n) is 12.7. The van der Waals surface area contributed by atoms with Crippen LogP contribution in [-0.2, 0) is 27.3 Å². The molecule has 0 saturated carbocycles. The maximum Gasteiger partial charge on any atom is 0.326 e. The first kappa shape index (κ1) is 18.8. The lowest BCUT2D eigenvalue weighted by molar-refractivity contribution is -0.248. The number of rotatable bonds is 9. The van der Waals surface area contributed by atoms with E-state index in [0.717, 1.165) is 0 Å². The largest absolute Gasteiger partial charge is 0.508 e. The number of nitrogens with two attached hydrogens (primary N) is 1. The first-order valence-corrected chi connectivity index (χ1v) is 6.98. The van der Waals surface area contributed by atoms with Gasteiger partial charge in [-0.2, -0.15) is 0 Å². The van der Waals surface area contributed by atoms with Gasteiger partial charge in [-0.15, -0.1) is 0 Å². The number of phenolic OH excluding ortho intramolecular Hbond substituents is 1. The third kappa shape index (κ3) is 5.83. The molecule has 0 saturated heterocycles. The van der Waals surface area contributed by atoms with Crippen LogP contribution >= 0.6 is 0 Å². The fourth-order valence-electron chi connectivity index (χ4n) is 1.97. The van der Waals surface area contributed by atoms with E-state index < -0.39 is 24.1 Å². The molecular weight excluding hydrogens is 306 g/mol. The predicted octanol–water partition coefficient (Wildman–Crippen LogP) is -0.612. The molecule has 0 bridgehead atoms. The van der Waals surface area contributed by atoms with Crippen LogP contribution in [-0.4, -0.2) is 46.3 Å². The molecule has 128 valence electrons. The normalized spacial score (nSPS) is 13.3. The molecule has 0 fully saturated rings. The lowest BCUT2D eigenvalue weighted by Crippen LogP contribution is -2.55. The summed E-state index contributed by atoms with van der Waals surface area (Å²) in [5.41, 5.74) is 6.82. The highest BCUT2D eigenvalue weighted by atomic mass is 17.1. The van der Waals surface area contributed by atoms with Crippen molar-refractivity contribution in [3.63, 3.8) is 0 Å². The molecule has 9 nitrogen and oxygen atoms in total. The molecule has 0 aliphatic carbocycles. The number of phenols is 1. The van der Waals surface area contributed by atoms with Crippen molar-refractivity contribution in [2.45, 2.75) is 32.0 Å². The van der Waals surface area contributed by atoms with Crippen LogP contribution in [0.3, 0.4) is 0 Å². The number of aliphatic carboxylic acids is 1. The van der Waals surface area contributed by atoms with E-state index >= 15 is 0 Å². The Kier molecular flexibility index (Phi) is 7.42. The van der Waals surface area contributed by atoms with Gasteiger partial charge in [0.2, 0.25) is 0 Å². The van der Waals surface area contributed by atoms with Crippen molar-refractivity contribution in [2.24, 2.45) is 5.73 Å². The highest BCUT2D eigenvalue weighted by Gasteiger charge is 2.23. The van der Waals surface area contributed by atoms with Crippen LogP contribution in [0, 0.1) is 0 Å². The summed E-state index contributed by atoms with van der Waals surface area (Å²) in [6, 6.07) is 3.59. The van der Waals surface area contributed by atoms with E-state index in [2.05, 4.69) is 15.5 Å². The first-order chi connectivity index (χ1) is 10.9. The Bertz CT molecular complexity index is 551. The molecule has 0 aliphatic rings. The zero-order valence-corrected chi connectivity index (χ0v) is 12.7. The van der Waals surface area contributed by atoms with Gasteiger partial charge in [-0.25, -0.2) is 9.68 Å². The monoisotopic (exact) mass is 327 g/mol. The van der Waals surface area contributed by atoms with Crippen molar-refractivity contribution in [3.05, 3.63) is 29.3 Å². The molecule has 0 aliphatic heterocycles. The van der Waals surface area contributed by atoms with E-state index in [1.807, 2.05) is 6.92 Å². The van der Waals surface area contributed by atoms with E-state index in [1.165, 1.54) is 6.07 Å². The number of amides is 1. The summed E-state index contributed by atoms with van der Waals surface area (Å²) in [5.74, 6) is -1.82. The molecule has 1 aromatic rings. The smallest absolute Gasteiger partial charge is 0.326 e. The van der Waals surface area contributed by atoms with Crippen molar-refractivity contribution < 1.29 is 29.9 Å². The predicted molar refractivity (Wildman–Crippen MR) is 80.4 cm³/mol. The van der Waals surface area contributed by atoms with Crippen molar-refractivity contribution in [1.29, 1.82) is 0 Å². The second-order valence-electron chi connectivity index (χ2n) is 4.88. The molecule has 0 radical (unpaired) electrons. The molecule has 0 spiro atoms. The van der Waals surface area contributed by atoms with Crippen LogP contribution < -0.4 is 16.4 Å². The fraction of sp³-hybridized carbons (Fsp3) is 0.429. The lowest BCUT2D eigenvalue weighted by atomic mass is 10.0.